The molecular weight excluding hydrogens is 404 g/mol. The number of benzene rings is 1. The summed E-state index contributed by atoms with van der Waals surface area (Å²) in [5, 5.41) is 0. The van der Waals surface area contributed by atoms with Crippen LogP contribution in [0, 0.1) is 5.92 Å². The second-order valence-electron chi connectivity index (χ2n) is 9.65. The van der Waals surface area contributed by atoms with E-state index in [1.165, 1.54) is 25.7 Å². The van der Waals surface area contributed by atoms with Crippen LogP contribution in [0.25, 0.3) is 0 Å². The van der Waals surface area contributed by atoms with Gasteiger partial charge in [-0.2, -0.15) is 0 Å². The molecule has 2 aliphatic heterocycles. The Kier molecular flexibility index (Phi) is 6.87. The number of hydrogen-bond acceptors (Lipinski definition) is 5. The highest BCUT2D eigenvalue weighted by Gasteiger charge is 2.48. The van der Waals surface area contributed by atoms with Crippen molar-refractivity contribution < 1.29 is 19.1 Å². The van der Waals surface area contributed by atoms with Crippen molar-refractivity contribution in [1.82, 2.24) is 4.90 Å². The Morgan fingerprint density at radius 1 is 1.19 bits per heavy atom. The molecular formula is C26H36N2O4. The molecule has 174 valence electrons. The topological polar surface area (TPSA) is 68.2 Å². The van der Waals surface area contributed by atoms with Crippen molar-refractivity contribution in [3.63, 3.8) is 0 Å². The number of carbonyl (C=O) groups excluding carboxylic acids is 2. The SMILES string of the molecule is CCCCCC1CCC(C=O)(O/C(=N\C)N2CCC3(CC2)OC(=O)c2ccccc23)CC1. The summed E-state index contributed by atoms with van der Waals surface area (Å²) in [6, 6.07) is 8.22. The maximum absolute atomic E-state index is 12.3. The fourth-order valence-electron chi connectivity index (χ4n) is 5.59. The van der Waals surface area contributed by atoms with E-state index in [1.807, 2.05) is 24.3 Å². The van der Waals surface area contributed by atoms with Gasteiger partial charge in [0, 0.05) is 38.5 Å². The molecule has 0 aromatic heterocycles. The van der Waals surface area contributed by atoms with E-state index < -0.39 is 11.2 Å². The number of fused-ring (bicyclic) bond motifs is 2. The normalized spacial score (nSPS) is 27.2. The Morgan fingerprint density at radius 2 is 1.91 bits per heavy atom. The first-order valence-corrected chi connectivity index (χ1v) is 12.2. The molecule has 6 heteroatoms. The van der Waals surface area contributed by atoms with Crippen molar-refractivity contribution in [2.24, 2.45) is 10.9 Å². The third-order valence-corrected chi connectivity index (χ3v) is 7.64. The average molecular weight is 441 g/mol. The van der Waals surface area contributed by atoms with E-state index in [-0.39, 0.29) is 5.97 Å². The Labute approximate surface area is 191 Å². The van der Waals surface area contributed by atoms with E-state index in [0.717, 1.165) is 37.5 Å². The Morgan fingerprint density at radius 3 is 2.56 bits per heavy atom. The predicted molar refractivity (Wildman–Crippen MR) is 124 cm³/mol. The molecule has 1 spiro atoms. The van der Waals surface area contributed by atoms with Crippen LogP contribution in [0.15, 0.2) is 29.3 Å². The summed E-state index contributed by atoms with van der Waals surface area (Å²) in [7, 11) is 1.72. The lowest BCUT2D eigenvalue weighted by Gasteiger charge is -2.42. The van der Waals surface area contributed by atoms with Crippen molar-refractivity contribution >= 4 is 18.3 Å². The van der Waals surface area contributed by atoms with Gasteiger partial charge in [-0.3, -0.25) is 4.79 Å². The van der Waals surface area contributed by atoms with E-state index in [9.17, 15) is 9.59 Å². The molecule has 1 aliphatic carbocycles. The highest BCUT2D eigenvalue weighted by atomic mass is 16.6. The Bertz CT molecular complexity index is 849. The van der Waals surface area contributed by atoms with Gasteiger partial charge in [0.2, 0.25) is 0 Å². The third kappa shape index (κ3) is 4.41. The number of ether oxygens (including phenoxy) is 2. The number of rotatable bonds is 6. The summed E-state index contributed by atoms with van der Waals surface area (Å²) in [4.78, 5) is 30.9. The Balaban J connectivity index is 1.36. The van der Waals surface area contributed by atoms with Crippen LogP contribution in [0.4, 0.5) is 0 Å². The summed E-state index contributed by atoms with van der Waals surface area (Å²) >= 11 is 0. The molecule has 32 heavy (non-hydrogen) atoms. The number of esters is 1. The zero-order valence-corrected chi connectivity index (χ0v) is 19.5. The summed E-state index contributed by atoms with van der Waals surface area (Å²) in [6.45, 7) is 3.57. The first kappa shape index (κ1) is 22.8. The van der Waals surface area contributed by atoms with Gasteiger partial charge in [0.05, 0.1) is 5.56 Å². The van der Waals surface area contributed by atoms with Gasteiger partial charge in [-0.25, -0.2) is 9.79 Å². The van der Waals surface area contributed by atoms with Crippen LogP contribution >= 0.6 is 0 Å². The van der Waals surface area contributed by atoms with Gasteiger partial charge < -0.3 is 14.4 Å². The number of amidine groups is 1. The second kappa shape index (κ2) is 9.63. The fraction of sp³-hybridized carbons (Fsp3) is 0.654. The predicted octanol–water partition coefficient (Wildman–Crippen LogP) is 4.86. The maximum Gasteiger partial charge on any atom is 0.339 e. The lowest BCUT2D eigenvalue weighted by Crippen LogP contribution is -2.50. The molecule has 0 atom stereocenters. The maximum atomic E-state index is 12.3. The van der Waals surface area contributed by atoms with Crippen molar-refractivity contribution in [2.45, 2.75) is 82.3 Å². The molecule has 0 radical (unpaired) electrons. The van der Waals surface area contributed by atoms with E-state index in [0.29, 0.717) is 43.4 Å². The minimum absolute atomic E-state index is 0.231. The molecule has 0 N–H and O–H groups in total. The van der Waals surface area contributed by atoms with E-state index in [4.69, 9.17) is 9.47 Å². The Hall–Kier alpha value is -2.37. The number of nitrogens with zero attached hydrogens (tertiary/aromatic N) is 2. The zero-order valence-electron chi connectivity index (χ0n) is 19.5. The molecule has 1 saturated heterocycles. The van der Waals surface area contributed by atoms with E-state index in [2.05, 4.69) is 16.8 Å². The average Bonchev–Trinajstić information content (AvgIpc) is 3.11. The fourth-order valence-corrected chi connectivity index (χ4v) is 5.59. The number of piperidine rings is 1. The number of carbonyl (C=O) groups is 2. The van der Waals surface area contributed by atoms with E-state index in [1.54, 1.807) is 7.05 Å². The van der Waals surface area contributed by atoms with Crippen molar-refractivity contribution in [3.05, 3.63) is 35.4 Å². The van der Waals surface area contributed by atoms with Gasteiger partial charge in [-0.05, 0) is 37.7 Å². The van der Waals surface area contributed by atoms with Crippen LogP contribution in [-0.2, 0) is 19.9 Å². The highest BCUT2D eigenvalue weighted by molar-refractivity contribution is 5.94. The molecule has 4 rings (SSSR count). The third-order valence-electron chi connectivity index (χ3n) is 7.64. The molecule has 1 aromatic rings. The van der Waals surface area contributed by atoms with Crippen molar-refractivity contribution in [3.8, 4) is 0 Å². The molecule has 1 saturated carbocycles. The smallest absolute Gasteiger partial charge is 0.339 e. The minimum Gasteiger partial charge on any atom is -0.451 e. The molecule has 2 heterocycles. The van der Waals surface area contributed by atoms with Crippen LogP contribution < -0.4 is 0 Å². The van der Waals surface area contributed by atoms with Gasteiger partial charge in [-0.15, -0.1) is 0 Å². The number of hydrogen-bond donors (Lipinski definition) is 0. The molecule has 6 nitrogen and oxygen atoms in total. The molecule has 2 fully saturated rings. The van der Waals surface area contributed by atoms with E-state index >= 15 is 0 Å². The minimum atomic E-state index is -0.766. The standard InChI is InChI=1S/C26H36N2O4/c1-3-4-5-8-20-11-13-25(19-29,14-12-20)32-24(27-2)28-17-15-26(16-18-28)22-10-7-6-9-21(22)23(30)31-26/h6-7,9-10,19-20H,3-5,8,11-18H2,1-2H3/b27-24-. The number of aliphatic imine (C=N–C) groups is 1. The zero-order chi connectivity index (χ0) is 22.6. The summed E-state index contributed by atoms with van der Waals surface area (Å²) in [5.41, 5.74) is 0.350. The number of likely N-dealkylation sites (tertiary alicyclic amines) is 1. The quantitative estimate of drug-likeness (QED) is 0.208. The van der Waals surface area contributed by atoms with Crippen LogP contribution in [0.2, 0.25) is 0 Å². The summed E-state index contributed by atoms with van der Waals surface area (Å²) in [6.07, 6.45) is 11.0. The number of aldehydes is 1. The number of unbranched alkanes of at least 4 members (excludes halogenated alkanes) is 2. The second-order valence-corrected chi connectivity index (χ2v) is 9.65. The highest BCUT2D eigenvalue weighted by Crippen LogP contribution is 2.44. The molecule has 0 unspecified atom stereocenters. The van der Waals surface area contributed by atoms with Gasteiger partial charge in [0.15, 0.2) is 11.9 Å². The lowest BCUT2D eigenvalue weighted by molar-refractivity contribution is -0.127. The molecule has 0 amide bonds. The van der Waals surface area contributed by atoms with Gasteiger partial charge in [0.25, 0.3) is 6.02 Å². The monoisotopic (exact) mass is 440 g/mol. The van der Waals surface area contributed by atoms with Crippen molar-refractivity contribution in [1.29, 1.82) is 0 Å². The van der Waals surface area contributed by atoms with Gasteiger partial charge in [0.1, 0.15) is 5.60 Å². The van der Waals surface area contributed by atoms with Crippen LogP contribution in [0.5, 0.6) is 0 Å². The molecule has 3 aliphatic rings. The first-order chi connectivity index (χ1) is 15.5. The van der Waals surface area contributed by atoms with Crippen LogP contribution in [-0.4, -0.2) is 48.9 Å². The summed E-state index contributed by atoms with van der Waals surface area (Å²) < 4.78 is 12.2. The summed E-state index contributed by atoms with van der Waals surface area (Å²) in [5.74, 6) is 0.470. The first-order valence-electron chi connectivity index (χ1n) is 12.2. The van der Waals surface area contributed by atoms with Crippen molar-refractivity contribution in [2.75, 3.05) is 20.1 Å². The van der Waals surface area contributed by atoms with Crippen LogP contribution in [0.3, 0.4) is 0 Å². The molecule has 1 aromatic carbocycles. The van der Waals surface area contributed by atoms with Gasteiger partial charge >= 0.3 is 5.97 Å². The van der Waals surface area contributed by atoms with Gasteiger partial charge in [-0.1, -0.05) is 50.8 Å². The molecule has 0 bridgehead atoms. The lowest BCUT2D eigenvalue weighted by atomic mass is 9.77. The van der Waals surface area contributed by atoms with Crippen LogP contribution in [0.1, 0.15) is 87.1 Å². The largest absolute Gasteiger partial charge is 0.451 e.